The molecule has 0 unspecified atom stereocenters. The molecule has 0 fully saturated rings. The molecule has 0 aliphatic heterocycles. The van der Waals surface area contributed by atoms with Crippen LogP contribution in [-0.2, 0) is 21.4 Å². The number of amides is 1. The van der Waals surface area contributed by atoms with Crippen LogP contribution in [0.4, 0.5) is 5.69 Å². The largest absolute Gasteiger partial charge is 0.325 e. The Kier molecular flexibility index (Phi) is 7.99. The molecule has 1 N–H and O–H groups in total. The van der Waals surface area contributed by atoms with Crippen LogP contribution >= 0.6 is 11.3 Å². The monoisotopic (exact) mass is 437 g/mol. The lowest BCUT2D eigenvalue weighted by atomic mass is 10.2. The van der Waals surface area contributed by atoms with Crippen LogP contribution in [0.3, 0.4) is 0 Å². The van der Waals surface area contributed by atoms with Gasteiger partial charge in [-0.25, -0.2) is 8.42 Å². The first-order valence-corrected chi connectivity index (χ1v) is 11.9. The highest BCUT2D eigenvalue weighted by molar-refractivity contribution is 7.89. The van der Waals surface area contributed by atoms with Crippen LogP contribution < -0.4 is 5.32 Å². The van der Waals surface area contributed by atoms with Gasteiger partial charge in [-0.3, -0.25) is 9.69 Å². The molecular weight excluding hydrogens is 406 g/mol. The molecule has 1 heterocycles. The quantitative estimate of drug-likeness (QED) is 0.645. The molecule has 0 radical (unpaired) electrons. The number of carbonyl (C=O) groups is 1. The van der Waals surface area contributed by atoms with Gasteiger partial charge in [-0.2, -0.15) is 4.31 Å². The van der Waals surface area contributed by atoms with E-state index in [9.17, 15) is 13.2 Å². The van der Waals surface area contributed by atoms with E-state index < -0.39 is 10.0 Å². The highest BCUT2D eigenvalue weighted by Crippen LogP contribution is 2.20. The van der Waals surface area contributed by atoms with E-state index in [0.717, 1.165) is 6.54 Å². The molecule has 29 heavy (non-hydrogen) atoms. The van der Waals surface area contributed by atoms with Gasteiger partial charge in [0.05, 0.1) is 11.4 Å². The number of carbonyl (C=O) groups excluding carboxylic acids is 1. The molecule has 0 saturated heterocycles. The van der Waals surface area contributed by atoms with Gasteiger partial charge in [0.15, 0.2) is 0 Å². The van der Waals surface area contributed by atoms with Crippen LogP contribution in [-0.4, -0.2) is 49.2 Å². The second-order valence-electron chi connectivity index (χ2n) is 7.70. The molecule has 2 aromatic rings. The van der Waals surface area contributed by atoms with Gasteiger partial charge in [0, 0.05) is 41.1 Å². The molecule has 0 spiro atoms. The molecule has 160 valence electrons. The third-order valence-corrected chi connectivity index (χ3v) is 7.81. The molecule has 6 nitrogen and oxygen atoms in total. The summed E-state index contributed by atoms with van der Waals surface area (Å²) >= 11 is 1.74. The van der Waals surface area contributed by atoms with Crippen molar-refractivity contribution < 1.29 is 13.2 Å². The van der Waals surface area contributed by atoms with E-state index in [2.05, 4.69) is 43.1 Å². The topological polar surface area (TPSA) is 69.7 Å². The van der Waals surface area contributed by atoms with Gasteiger partial charge >= 0.3 is 0 Å². The summed E-state index contributed by atoms with van der Waals surface area (Å²) < 4.78 is 26.4. The highest BCUT2D eigenvalue weighted by Gasteiger charge is 2.23. The number of aryl methyl sites for hydroxylation is 1. The van der Waals surface area contributed by atoms with Crippen molar-refractivity contribution in [3.8, 4) is 0 Å². The van der Waals surface area contributed by atoms with Crippen molar-refractivity contribution in [1.82, 2.24) is 9.21 Å². The molecule has 0 aliphatic rings. The van der Waals surface area contributed by atoms with Gasteiger partial charge in [0.2, 0.25) is 15.9 Å². The molecule has 2 rings (SSSR count). The number of nitrogens with zero attached hydrogens (tertiary/aromatic N) is 2. The first-order chi connectivity index (χ1) is 13.5. The fourth-order valence-corrected chi connectivity index (χ4v) is 5.01. The summed E-state index contributed by atoms with van der Waals surface area (Å²) in [6, 6.07) is 10.6. The van der Waals surface area contributed by atoms with Gasteiger partial charge in [0.1, 0.15) is 0 Å². The fraction of sp³-hybridized carbons (Fsp3) is 0.476. The molecule has 0 saturated carbocycles. The Morgan fingerprint density at radius 1 is 1.03 bits per heavy atom. The zero-order valence-electron chi connectivity index (χ0n) is 18.0. The minimum atomic E-state index is -3.53. The average molecular weight is 438 g/mol. The van der Waals surface area contributed by atoms with Crippen molar-refractivity contribution >= 4 is 33.0 Å². The lowest BCUT2D eigenvalue weighted by Gasteiger charge is -2.25. The number of thiophene rings is 1. The van der Waals surface area contributed by atoms with Gasteiger partial charge in [0.25, 0.3) is 0 Å². The van der Waals surface area contributed by atoms with E-state index in [4.69, 9.17) is 0 Å². The molecule has 1 aromatic carbocycles. The standard InChI is InChI=1S/C21H31N3O3S2/c1-15(2)23(6)29(26,27)20-11-8-18(9-12-20)22-21(25)14-24(16(3)4)13-19-10-7-17(5)28-19/h7-12,15-16H,13-14H2,1-6H3,(H,22,25). The highest BCUT2D eigenvalue weighted by atomic mass is 32.2. The number of hydrogen-bond acceptors (Lipinski definition) is 5. The lowest BCUT2D eigenvalue weighted by molar-refractivity contribution is -0.117. The third kappa shape index (κ3) is 6.37. The smallest absolute Gasteiger partial charge is 0.243 e. The summed E-state index contributed by atoms with van der Waals surface area (Å²) in [6.45, 7) is 10.8. The zero-order valence-corrected chi connectivity index (χ0v) is 19.6. The van der Waals surface area contributed by atoms with Crippen molar-refractivity contribution in [2.24, 2.45) is 0 Å². The molecule has 8 heteroatoms. The third-order valence-electron chi connectivity index (χ3n) is 4.77. The molecule has 0 aliphatic carbocycles. The second kappa shape index (κ2) is 9.84. The molecular formula is C21H31N3O3S2. The summed E-state index contributed by atoms with van der Waals surface area (Å²) in [6.07, 6.45) is 0. The van der Waals surface area contributed by atoms with E-state index >= 15 is 0 Å². The Hall–Kier alpha value is -1.74. The summed E-state index contributed by atoms with van der Waals surface area (Å²) in [7, 11) is -1.97. The van der Waals surface area contributed by atoms with Gasteiger partial charge in [-0.1, -0.05) is 0 Å². The van der Waals surface area contributed by atoms with Gasteiger partial charge in [-0.05, 0) is 71.0 Å². The average Bonchev–Trinajstić information content (AvgIpc) is 3.05. The summed E-state index contributed by atoms with van der Waals surface area (Å²) in [5, 5.41) is 2.86. The van der Waals surface area contributed by atoms with E-state index in [-0.39, 0.29) is 29.4 Å². The predicted octanol–water partition coefficient (Wildman–Crippen LogP) is 3.93. The van der Waals surface area contributed by atoms with Gasteiger partial charge in [-0.15, -0.1) is 11.3 Å². The Balaban J connectivity index is 2.02. The van der Waals surface area contributed by atoms with Crippen LogP contribution in [0.15, 0.2) is 41.3 Å². The van der Waals surface area contributed by atoms with Gasteiger partial charge < -0.3 is 5.32 Å². The SMILES string of the molecule is Cc1ccc(CN(CC(=O)Nc2ccc(S(=O)(=O)N(C)C(C)C)cc2)C(C)C)s1. The van der Waals surface area contributed by atoms with Crippen molar-refractivity contribution in [1.29, 1.82) is 0 Å². The molecule has 0 bridgehead atoms. The van der Waals surface area contributed by atoms with Crippen molar-refractivity contribution in [3.63, 3.8) is 0 Å². The number of rotatable bonds is 9. The number of hydrogen-bond donors (Lipinski definition) is 1. The number of benzene rings is 1. The van der Waals surface area contributed by atoms with Crippen LogP contribution in [0.5, 0.6) is 0 Å². The Bertz CT molecular complexity index is 919. The number of sulfonamides is 1. The van der Waals surface area contributed by atoms with E-state index in [1.54, 1.807) is 30.5 Å². The molecule has 1 aromatic heterocycles. The Morgan fingerprint density at radius 2 is 1.66 bits per heavy atom. The second-order valence-corrected chi connectivity index (χ2v) is 11.1. The summed E-state index contributed by atoms with van der Waals surface area (Å²) in [4.78, 5) is 17.3. The predicted molar refractivity (Wildman–Crippen MR) is 120 cm³/mol. The minimum absolute atomic E-state index is 0.123. The van der Waals surface area contributed by atoms with E-state index in [1.807, 2.05) is 13.8 Å². The normalized spacial score (nSPS) is 12.3. The summed E-state index contributed by atoms with van der Waals surface area (Å²) in [5.74, 6) is -0.123. The van der Waals surface area contributed by atoms with Crippen molar-refractivity contribution in [2.45, 2.75) is 58.1 Å². The first-order valence-electron chi connectivity index (χ1n) is 9.68. The first kappa shape index (κ1) is 23.5. The van der Waals surface area contributed by atoms with Crippen LogP contribution in [0, 0.1) is 6.92 Å². The number of anilines is 1. The van der Waals surface area contributed by atoms with E-state index in [1.165, 1.54) is 26.2 Å². The minimum Gasteiger partial charge on any atom is -0.325 e. The van der Waals surface area contributed by atoms with Crippen LogP contribution in [0.2, 0.25) is 0 Å². The lowest BCUT2D eigenvalue weighted by Crippen LogP contribution is -2.37. The van der Waals surface area contributed by atoms with Crippen molar-refractivity contribution in [2.75, 3.05) is 18.9 Å². The maximum atomic E-state index is 12.5. The Labute approximate surface area is 178 Å². The Morgan fingerprint density at radius 3 is 2.14 bits per heavy atom. The van der Waals surface area contributed by atoms with E-state index in [0.29, 0.717) is 5.69 Å². The molecule has 0 atom stereocenters. The summed E-state index contributed by atoms with van der Waals surface area (Å²) in [5.41, 5.74) is 0.580. The number of nitrogens with one attached hydrogen (secondary N) is 1. The molecule has 1 amide bonds. The van der Waals surface area contributed by atoms with Crippen LogP contribution in [0.25, 0.3) is 0 Å². The van der Waals surface area contributed by atoms with Crippen molar-refractivity contribution in [3.05, 3.63) is 46.2 Å². The zero-order chi connectivity index (χ0) is 21.8. The fourth-order valence-electron chi connectivity index (χ4n) is 2.73. The maximum Gasteiger partial charge on any atom is 0.243 e. The maximum absolute atomic E-state index is 12.5. The van der Waals surface area contributed by atoms with Crippen LogP contribution in [0.1, 0.15) is 37.4 Å².